The zero-order valence-corrected chi connectivity index (χ0v) is 9.82. The second-order valence-corrected chi connectivity index (χ2v) is 4.37. The van der Waals surface area contributed by atoms with Crippen LogP contribution in [-0.4, -0.2) is 80.5 Å². The van der Waals surface area contributed by atoms with E-state index in [1.165, 1.54) is 0 Å². The number of nitrogens with zero attached hydrogens (tertiary/aromatic N) is 2. The first-order valence-corrected chi connectivity index (χ1v) is 4.47. The Morgan fingerprint density at radius 2 is 1.71 bits per heavy atom. The largest absolute Gasteiger partial charge is 0.480 e. The molecule has 0 aromatic carbocycles. The van der Waals surface area contributed by atoms with Crippen molar-refractivity contribution >= 4 is 5.97 Å². The first kappa shape index (κ1) is 15.8. The Labute approximate surface area is 86.1 Å². The molecule has 0 aromatic rings. The molecule has 0 atom stereocenters. The standard InChI is InChI=1S/C5H14NO.C4H9NO2/c1-6(2,3)4-5-7;1-5(2)3-4(6)7/h7H,4-5H2,1-3H3;3H2,1-2H3,(H,6,7)/q+1;. The lowest BCUT2D eigenvalue weighted by Crippen LogP contribution is -2.36. The predicted molar refractivity (Wildman–Crippen MR) is 56.2 cm³/mol. The van der Waals surface area contributed by atoms with E-state index in [2.05, 4.69) is 21.1 Å². The summed E-state index contributed by atoms with van der Waals surface area (Å²) in [7, 11) is 9.59. The van der Waals surface area contributed by atoms with Crippen LogP contribution in [0.1, 0.15) is 0 Å². The third-order valence-electron chi connectivity index (χ3n) is 1.22. The molecule has 0 aliphatic carbocycles. The van der Waals surface area contributed by atoms with Gasteiger partial charge in [-0.2, -0.15) is 0 Å². The fourth-order valence-electron chi connectivity index (χ4n) is 0.571. The molecule has 2 N–H and O–H groups in total. The van der Waals surface area contributed by atoms with Crippen molar-refractivity contribution in [2.45, 2.75) is 0 Å². The van der Waals surface area contributed by atoms with E-state index < -0.39 is 5.97 Å². The normalized spacial score (nSPS) is 10.8. The molecular weight excluding hydrogens is 184 g/mol. The molecular formula is C9H23N2O3+. The monoisotopic (exact) mass is 207 g/mol. The zero-order chi connectivity index (χ0) is 11.8. The first-order valence-electron chi connectivity index (χ1n) is 4.47. The second-order valence-electron chi connectivity index (χ2n) is 4.37. The van der Waals surface area contributed by atoms with Gasteiger partial charge in [-0.25, -0.2) is 0 Å². The van der Waals surface area contributed by atoms with Crippen LogP contribution in [0.25, 0.3) is 0 Å². The molecule has 5 nitrogen and oxygen atoms in total. The van der Waals surface area contributed by atoms with E-state index in [1.807, 2.05) is 0 Å². The second kappa shape index (κ2) is 7.73. The van der Waals surface area contributed by atoms with E-state index >= 15 is 0 Å². The SMILES string of the molecule is CN(C)CC(=O)O.C[N+](C)(C)CCO. The van der Waals surface area contributed by atoms with Gasteiger partial charge in [-0.3, -0.25) is 9.69 Å². The van der Waals surface area contributed by atoms with Crippen molar-refractivity contribution in [3.05, 3.63) is 0 Å². The molecule has 0 aliphatic rings. The summed E-state index contributed by atoms with van der Waals surface area (Å²) in [4.78, 5) is 11.4. The molecule has 0 saturated heterocycles. The van der Waals surface area contributed by atoms with E-state index in [0.717, 1.165) is 11.0 Å². The van der Waals surface area contributed by atoms with E-state index in [-0.39, 0.29) is 13.2 Å². The lowest BCUT2D eigenvalue weighted by molar-refractivity contribution is -0.870. The Bertz CT molecular complexity index is 153. The molecule has 0 spiro atoms. The van der Waals surface area contributed by atoms with Crippen molar-refractivity contribution in [1.82, 2.24) is 4.90 Å². The number of aliphatic hydroxyl groups excluding tert-OH is 1. The average Bonchev–Trinajstić information content (AvgIpc) is 1.80. The van der Waals surface area contributed by atoms with Crippen LogP contribution in [0.2, 0.25) is 0 Å². The smallest absolute Gasteiger partial charge is 0.317 e. The number of carboxylic acids is 1. The molecule has 0 aliphatic heterocycles. The number of carbonyl (C=O) groups is 1. The van der Waals surface area contributed by atoms with E-state index in [0.29, 0.717) is 0 Å². The van der Waals surface area contributed by atoms with Crippen LogP contribution in [0.5, 0.6) is 0 Å². The predicted octanol–water partition coefficient (Wildman–Crippen LogP) is -0.682. The average molecular weight is 207 g/mol. The summed E-state index contributed by atoms with van der Waals surface area (Å²) < 4.78 is 0.844. The van der Waals surface area contributed by atoms with Gasteiger partial charge in [0.15, 0.2) is 0 Å². The van der Waals surface area contributed by atoms with Gasteiger partial charge in [0, 0.05) is 0 Å². The van der Waals surface area contributed by atoms with E-state index in [1.54, 1.807) is 19.0 Å². The van der Waals surface area contributed by atoms with Crippen molar-refractivity contribution in [1.29, 1.82) is 0 Å². The number of likely N-dealkylation sites (N-methyl/N-ethyl adjacent to an activating group) is 2. The summed E-state index contributed by atoms with van der Waals surface area (Å²) in [6.45, 7) is 1.23. The van der Waals surface area contributed by atoms with Gasteiger partial charge < -0.3 is 14.7 Å². The Hall–Kier alpha value is -0.650. The van der Waals surface area contributed by atoms with Gasteiger partial charge in [0.25, 0.3) is 0 Å². The maximum absolute atomic E-state index is 9.77. The summed E-state index contributed by atoms with van der Waals surface area (Å²) >= 11 is 0. The van der Waals surface area contributed by atoms with Gasteiger partial charge in [-0.1, -0.05) is 0 Å². The number of carboxylic acid groups (broad SMARTS) is 1. The fourth-order valence-corrected chi connectivity index (χ4v) is 0.571. The number of quaternary nitrogens is 1. The Balaban J connectivity index is 0. The lowest BCUT2D eigenvalue weighted by Gasteiger charge is -2.21. The van der Waals surface area contributed by atoms with Gasteiger partial charge in [0.2, 0.25) is 0 Å². The number of hydrogen-bond donors (Lipinski definition) is 2. The van der Waals surface area contributed by atoms with Crippen LogP contribution >= 0.6 is 0 Å². The zero-order valence-electron chi connectivity index (χ0n) is 9.82. The van der Waals surface area contributed by atoms with Crippen LogP contribution in [0, 0.1) is 0 Å². The number of aliphatic carboxylic acids is 1. The molecule has 0 saturated carbocycles. The molecule has 0 aromatic heterocycles. The number of rotatable bonds is 4. The summed E-state index contributed by atoms with van der Waals surface area (Å²) in [6.07, 6.45) is 0. The third kappa shape index (κ3) is 22.5. The van der Waals surface area contributed by atoms with Crippen molar-refractivity contribution in [3.63, 3.8) is 0 Å². The van der Waals surface area contributed by atoms with Crippen molar-refractivity contribution < 1.29 is 19.5 Å². The van der Waals surface area contributed by atoms with Gasteiger partial charge in [0.05, 0.1) is 34.3 Å². The van der Waals surface area contributed by atoms with Crippen molar-refractivity contribution in [2.24, 2.45) is 0 Å². The minimum Gasteiger partial charge on any atom is -0.480 e. The van der Waals surface area contributed by atoms with Crippen LogP contribution in [-0.2, 0) is 4.79 Å². The molecule has 0 heterocycles. The molecule has 5 heteroatoms. The van der Waals surface area contributed by atoms with Gasteiger partial charge >= 0.3 is 5.97 Å². The quantitative estimate of drug-likeness (QED) is 0.600. The molecule has 14 heavy (non-hydrogen) atoms. The van der Waals surface area contributed by atoms with Crippen LogP contribution in [0.3, 0.4) is 0 Å². The third-order valence-corrected chi connectivity index (χ3v) is 1.22. The van der Waals surface area contributed by atoms with E-state index in [9.17, 15) is 4.79 Å². The van der Waals surface area contributed by atoms with Crippen LogP contribution < -0.4 is 0 Å². The molecule has 86 valence electrons. The van der Waals surface area contributed by atoms with Crippen LogP contribution in [0.15, 0.2) is 0 Å². The first-order chi connectivity index (χ1) is 6.19. The highest BCUT2D eigenvalue weighted by Crippen LogP contribution is 1.84. The lowest BCUT2D eigenvalue weighted by atomic mass is 10.5. The molecule has 0 radical (unpaired) electrons. The summed E-state index contributed by atoms with van der Waals surface area (Å²) in [5.41, 5.74) is 0. The van der Waals surface area contributed by atoms with Crippen molar-refractivity contribution in [3.8, 4) is 0 Å². The van der Waals surface area contributed by atoms with Gasteiger partial charge in [-0.05, 0) is 14.1 Å². The minimum absolute atomic E-state index is 0.111. The number of aliphatic hydroxyl groups is 1. The highest BCUT2D eigenvalue weighted by molar-refractivity contribution is 5.68. The number of hydrogen-bond acceptors (Lipinski definition) is 3. The van der Waals surface area contributed by atoms with Gasteiger partial charge in [-0.15, -0.1) is 0 Å². The van der Waals surface area contributed by atoms with Crippen molar-refractivity contribution in [2.75, 3.05) is 54.9 Å². The highest BCUT2D eigenvalue weighted by Gasteiger charge is 2.02. The fraction of sp³-hybridized carbons (Fsp3) is 0.889. The highest BCUT2D eigenvalue weighted by atomic mass is 16.4. The Kier molecular flexibility index (Phi) is 8.72. The maximum atomic E-state index is 9.77. The Morgan fingerprint density at radius 1 is 1.29 bits per heavy atom. The topological polar surface area (TPSA) is 60.8 Å². The Morgan fingerprint density at radius 3 is 1.71 bits per heavy atom. The summed E-state index contributed by atoms with van der Waals surface area (Å²) in [5.74, 6) is -0.787. The maximum Gasteiger partial charge on any atom is 0.317 e. The van der Waals surface area contributed by atoms with E-state index in [4.69, 9.17) is 10.2 Å². The molecule has 0 bridgehead atoms. The molecule has 0 rings (SSSR count). The minimum atomic E-state index is -0.787. The summed E-state index contributed by atoms with van der Waals surface area (Å²) in [5, 5.41) is 16.4. The molecule has 0 unspecified atom stereocenters. The molecule has 0 amide bonds. The molecule has 0 fully saturated rings. The van der Waals surface area contributed by atoms with Gasteiger partial charge in [0.1, 0.15) is 6.54 Å². The summed E-state index contributed by atoms with van der Waals surface area (Å²) in [6, 6.07) is 0. The van der Waals surface area contributed by atoms with Crippen LogP contribution in [0.4, 0.5) is 0 Å².